The lowest BCUT2D eigenvalue weighted by Gasteiger charge is -2.11. The molecule has 0 N–H and O–H groups in total. The van der Waals surface area contributed by atoms with Crippen LogP contribution < -0.4 is 5.01 Å². The first-order valence-electron chi connectivity index (χ1n) is 4.93. The van der Waals surface area contributed by atoms with Crippen LogP contribution in [0.2, 0.25) is 0 Å². The molecule has 0 saturated carbocycles. The molecular weight excluding hydrogens is 174 g/mol. The van der Waals surface area contributed by atoms with Gasteiger partial charge in [0.15, 0.2) is 0 Å². The van der Waals surface area contributed by atoms with Gasteiger partial charge in [-0.1, -0.05) is 19.9 Å². The monoisotopic (exact) mass is 191 g/mol. The summed E-state index contributed by atoms with van der Waals surface area (Å²) in [5.41, 5.74) is 0. The lowest BCUT2D eigenvalue weighted by atomic mass is 10.1. The van der Waals surface area contributed by atoms with Crippen LogP contribution in [0.1, 0.15) is 20.3 Å². The quantitative estimate of drug-likeness (QED) is 0.540. The van der Waals surface area contributed by atoms with Crippen molar-refractivity contribution in [1.29, 1.82) is 0 Å². The van der Waals surface area contributed by atoms with Crippen molar-refractivity contribution < 1.29 is 0 Å². The summed E-state index contributed by atoms with van der Waals surface area (Å²) in [7, 11) is 1.90. The van der Waals surface area contributed by atoms with E-state index in [0.29, 0.717) is 5.92 Å². The predicted molar refractivity (Wildman–Crippen MR) is 60.6 cm³/mol. The van der Waals surface area contributed by atoms with Crippen LogP contribution in [-0.2, 0) is 0 Å². The van der Waals surface area contributed by atoms with Crippen LogP contribution in [0.3, 0.4) is 0 Å². The maximum absolute atomic E-state index is 4.31. The lowest BCUT2D eigenvalue weighted by molar-refractivity contribution is 0.748. The topological polar surface area (TPSA) is 28.5 Å². The second-order valence-corrected chi connectivity index (χ2v) is 3.36. The van der Waals surface area contributed by atoms with Crippen LogP contribution in [0, 0.1) is 5.92 Å². The summed E-state index contributed by atoms with van der Waals surface area (Å²) in [6.07, 6.45) is 4.83. The fourth-order valence-electron chi connectivity index (χ4n) is 0.924. The maximum atomic E-state index is 4.31. The first-order valence-corrected chi connectivity index (χ1v) is 4.93. The zero-order valence-electron chi connectivity index (χ0n) is 9.01. The van der Waals surface area contributed by atoms with Gasteiger partial charge < -0.3 is 0 Å². The minimum Gasteiger partial charge on any atom is -0.251 e. The Kier molecular flexibility index (Phi) is 4.11. The number of rotatable bonds is 4. The first kappa shape index (κ1) is 10.7. The average Bonchev–Trinajstić information content (AvgIpc) is 2.26. The molecule has 0 unspecified atom stereocenters. The summed E-state index contributed by atoms with van der Waals surface area (Å²) in [6.45, 7) is 4.30. The van der Waals surface area contributed by atoms with Crippen molar-refractivity contribution >= 4 is 12.0 Å². The molecule has 0 aliphatic heterocycles. The van der Waals surface area contributed by atoms with Crippen LogP contribution in [-0.4, -0.2) is 18.2 Å². The molecule has 0 fully saturated rings. The molecule has 3 nitrogen and oxygen atoms in total. The molecule has 14 heavy (non-hydrogen) atoms. The molecule has 3 heteroatoms. The van der Waals surface area contributed by atoms with Crippen molar-refractivity contribution in [2.24, 2.45) is 11.0 Å². The van der Waals surface area contributed by atoms with Crippen LogP contribution in [0.5, 0.6) is 0 Å². The van der Waals surface area contributed by atoms with E-state index in [1.54, 1.807) is 11.2 Å². The maximum Gasteiger partial charge on any atom is 0.148 e. The predicted octanol–water partition coefficient (Wildman–Crippen LogP) is 2.55. The molecule has 0 amide bonds. The van der Waals surface area contributed by atoms with Crippen LogP contribution in [0.4, 0.5) is 5.82 Å². The van der Waals surface area contributed by atoms with Gasteiger partial charge in [-0.3, -0.25) is 5.01 Å². The number of nitrogens with zero attached hydrogens (tertiary/aromatic N) is 3. The second kappa shape index (κ2) is 5.37. The summed E-state index contributed by atoms with van der Waals surface area (Å²) < 4.78 is 0. The molecule has 0 bridgehead atoms. The number of hydrazone groups is 1. The number of pyridine rings is 1. The fourth-order valence-corrected chi connectivity index (χ4v) is 0.924. The van der Waals surface area contributed by atoms with Crippen molar-refractivity contribution in [1.82, 2.24) is 4.98 Å². The highest BCUT2D eigenvalue weighted by Gasteiger charge is 1.98. The molecular formula is C11H17N3. The molecule has 0 aromatic carbocycles. The minimum atomic E-state index is 0.515. The Hall–Kier alpha value is -1.38. The van der Waals surface area contributed by atoms with Gasteiger partial charge in [-0.2, -0.15) is 5.10 Å². The Bertz CT molecular complexity index is 282. The van der Waals surface area contributed by atoms with Gasteiger partial charge in [0.25, 0.3) is 0 Å². The van der Waals surface area contributed by atoms with E-state index in [1.165, 1.54) is 0 Å². The van der Waals surface area contributed by atoms with E-state index in [9.17, 15) is 0 Å². The van der Waals surface area contributed by atoms with Gasteiger partial charge in [-0.05, 0) is 24.5 Å². The first-order chi connectivity index (χ1) is 6.74. The SMILES string of the molecule is CC[C@H](C)/C=N\N(C)c1ccccn1. The zero-order valence-corrected chi connectivity index (χ0v) is 9.01. The highest BCUT2D eigenvalue weighted by atomic mass is 15.5. The summed E-state index contributed by atoms with van der Waals surface area (Å²) >= 11 is 0. The van der Waals surface area contributed by atoms with Crippen molar-refractivity contribution in [3.05, 3.63) is 24.4 Å². The van der Waals surface area contributed by atoms with Gasteiger partial charge in [-0.25, -0.2) is 4.98 Å². The Morgan fingerprint density at radius 3 is 2.93 bits per heavy atom. The Morgan fingerprint density at radius 2 is 2.36 bits per heavy atom. The summed E-state index contributed by atoms with van der Waals surface area (Å²) in [4.78, 5) is 4.19. The molecule has 0 aliphatic carbocycles. The normalized spacial score (nSPS) is 13.1. The van der Waals surface area contributed by atoms with E-state index in [2.05, 4.69) is 23.9 Å². The van der Waals surface area contributed by atoms with E-state index < -0.39 is 0 Å². The zero-order chi connectivity index (χ0) is 10.4. The minimum absolute atomic E-state index is 0.515. The summed E-state index contributed by atoms with van der Waals surface area (Å²) in [5, 5.41) is 6.09. The largest absolute Gasteiger partial charge is 0.251 e. The Labute approximate surface area is 85.5 Å². The van der Waals surface area contributed by atoms with Crippen molar-refractivity contribution in [2.75, 3.05) is 12.1 Å². The van der Waals surface area contributed by atoms with Gasteiger partial charge >= 0.3 is 0 Å². The molecule has 1 aromatic rings. The Morgan fingerprint density at radius 1 is 1.57 bits per heavy atom. The third-order valence-electron chi connectivity index (χ3n) is 2.12. The molecule has 1 aromatic heterocycles. The van der Waals surface area contributed by atoms with Crippen LogP contribution in [0.15, 0.2) is 29.5 Å². The van der Waals surface area contributed by atoms with E-state index >= 15 is 0 Å². The molecule has 0 radical (unpaired) electrons. The third kappa shape index (κ3) is 3.17. The van der Waals surface area contributed by atoms with Crippen molar-refractivity contribution in [3.8, 4) is 0 Å². The van der Waals surface area contributed by atoms with Gasteiger partial charge in [0.05, 0.1) is 0 Å². The van der Waals surface area contributed by atoms with E-state index in [4.69, 9.17) is 0 Å². The molecule has 0 aliphatic rings. The third-order valence-corrected chi connectivity index (χ3v) is 2.12. The van der Waals surface area contributed by atoms with E-state index in [1.807, 2.05) is 31.5 Å². The lowest BCUT2D eigenvalue weighted by Crippen LogP contribution is -2.11. The fraction of sp³-hybridized carbons (Fsp3) is 0.455. The van der Waals surface area contributed by atoms with Crippen LogP contribution in [0.25, 0.3) is 0 Å². The number of hydrogen-bond acceptors (Lipinski definition) is 3. The smallest absolute Gasteiger partial charge is 0.148 e. The van der Waals surface area contributed by atoms with Gasteiger partial charge in [0, 0.05) is 19.5 Å². The number of hydrogen-bond donors (Lipinski definition) is 0. The number of anilines is 1. The van der Waals surface area contributed by atoms with Crippen LogP contribution >= 0.6 is 0 Å². The highest BCUT2D eigenvalue weighted by Crippen LogP contribution is 2.07. The molecule has 1 atom stereocenters. The number of aromatic nitrogens is 1. The van der Waals surface area contributed by atoms with Gasteiger partial charge in [-0.15, -0.1) is 0 Å². The molecule has 0 saturated heterocycles. The van der Waals surface area contributed by atoms with E-state index in [0.717, 1.165) is 12.2 Å². The Balaban J connectivity index is 2.59. The molecule has 1 heterocycles. The van der Waals surface area contributed by atoms with Crippen molar-refractivity contribution in [3.63, 3.8) is 0 Å². The van der Waals surface area contributed by atoms with Gasteiger partial charge in [0.1, 0.15) is 5.82 Å². The molecule has 0 spiro atoms. The van der Waals surface area contributed by atoms with Gasteiger partial charge in [0.2, 0.25) is 0 Å². The average molecular weight is 191 g/mol. The molecule has 1 rings (SSSR count). The van der Waals surface area contributed by atoms with E-state index in [-0.39, 0.29) is 0 Å². The standard InChI is InChI=1S/C11H17N3/c1-4-10(2)9-13-14(3)11-7-5-6-8-12-11/h5-10H,4H2,1-3H3/b13-9-/t10-/m0/s1. The molecule has 76 valence electrons. The summed E-state index contributed by atoms with van der Waals surface area (Å²) in [5.74, 6) is 1.38. The highest BCUT2D eigenvalue weighted by molar-refractivity contribution is 5.61. The second-order valence-electron chi connectivity index (χ2n) is 3.36. The summed E-state index contributed by atoms with van der Waals surface area (Å²) in [6, 6.07) is 5.79. The van der Waals surface area contributed by atoms with Crippen molar-refractivity contribution in [2.45, 2.75) is 20.3 Å².